The van der Waals surface area contributed by atoms with Gasteiger partial charge in [-0.2, -0.15) is 9.78 Å². The van der Waals surface area contributed by atoms with Crippen molar-refractivity contribution in [3.8, 4) is 5.75 Å². The Hall–Kier alpha value is -3.60. The van der Waals surface area contributed by atoms with Crippen molar-refractivity contribution < 1.29 is 19.2 Å². The molecule has 0 saturated heterocycles. The summed E-state index contributed by atoms with van der Waals surface area (Å²) in [5.41, 5.74) is 0.172. The van der Waals surface area contributed by atoms with E-state index in [2.05, 4.69) is 30.8 Å². The second kappa shape index (κ2) is 10.6. The third kappa shape index (κ3) is 5.30. The molecule has 34 heavy (non-hydrogen) atoms. The summed E-state index contributed by atoms with van der Waals surface area (Å²) in [5.74, 6) is -0.0739. The van der Waals surface area contributed by atoms with Crippen LogP contribution in [0, 0.1) is 10.1 Å². The Bertz CT molecular complexity index is 1340. The highest BCUT2D eigenvalue weighted by molar-refractivity contribution is 9.10. The van der Waals surface area contributed by atoms with Crippen molar-refractivity contribution in [1.29, 1.82) is 0 Å². The van der Waals surface area contributed by atoms with Crippen LogP contribution in [0.3, 0.4) is 0 Å². The van der Waals surface area contributed by atoms with Crippen molar-refractivity contribution in [3.05, 3.63) is 72.7 Å². The van der Waals surface area contributed by atoms with Gasteiger partial charge in [-0.05, 0) is 37.6 Å². The summed E-state index contributed by atoms with van der Waals surface area (Å²) >= 11 is 3.37. The average Bonchev–Trinajstić information content (AvgIpc) is 2.83. The lowest BCUT2D eigenvalue weighted by Crippen LogP contribution is -2.25. The normalized spacial score (nSPS) is 13.1. The molecule has 0 aliphatic carbocycles. The highest BCUT2D eigenvalue weighted by atomic mass is 79.9. The Morgan fingerprint density at radius 3 is 2.68 bits per heavy atom. The molecule has 0 bridgehead atoms. The quantitative estimate of drug-likeness (QED) is 0.183. The summed E-state index contributed by atoms with van der Waals surface area (Å²) in [7, 11) is 1.23. The molecular formula is C23H23BrN4O6. The van der Waals surface area contributed by atoms with E-state index in [0.717, 1.165) is 4.47 Å². The van der Waals surface area contributed by atoms with E-state index >= 15 is 0 Å². The van der Waals surface area contributed by atoms with Gasteiger partial charge in [0.25, 0.3) is 11.2 Å². The maximum atomic E-state index is 13.3. The van der Waals surface area contributed by atoms with Gasteiger partial charge in [0, 0.05) is 28.1 Å². The minimum Gasteiger partial charge on any atom is -0.478 e. The number of hydrogen-bond donors (Lipinski definition) is 0. The summed E-state index contributed by atoms with van der Waals surface area (Å²) in [6.07, 6.45) is 1.04. The number of nitro benzene ring substituents is 1. The predicted molar refractivity (Wildman–Crippen MR) is 131 cm³/mol. The number of halogens is 1. The van der Waals surface area contributed by atoms with Crippen LogP contribution < -0.4 is 10.3 Å². The number of esters is 1. The highest BCUT2D eigenvalue weighted by Crippen LogP contribution is 2.25. The van der Waals surface area contributed by atoms with Gasteiger partial charge < -0.3 is 9.47 Å². The monoisotopic (exact) mass is 530 g/mol. The molecule has 1 heterocycles. The van der Waals surface area contributed by atoms with E-state index in [0.29, 0.717) is 23.1 Å². The van der Waals surface area contributed by atoms with Gasteiger partial charge in [0.05, 0.1) is 29.2 Å². The molecule has 0 aliphatic heterocycles. The van der Waals surface area contributed by atoms with Crippen LogP contribution in [0.2, 0.25) is 0 Å². The Morgan fingerprint density at radius 1 is 1.29 bits per heavy atom. The molecule has 0 amide bonds. The minimum atomic E-state index is -0.961. The van der Waals surface area contributed by atoms with Crippen molar-refractivity contribution in [2.75, 3.05) is 7.11 Å². The van der Waals surface area contributed by atoms with E-state index in [1.807, 2.05) is 13.8 Å². The second-order valence-corrected chi connectivity index (χ2v) is 8.48. The van der Waals surface area contributed by atoms with E-state index in [1.54, 1.807) is 18.2 Å². The predicted octanol–water partition coefficient (Wildman–Crippen LogP) is 4.40. The number of carbonyl (C=O) groups is 1. The van der Waals surface area contributed by atoms with Crippen LogP contribution in [0.4, 0.5) is 5.69 Å². The molecular weight excluding hydrogens is 508 g/mol. The maximum absolute atomic E-state index is 13.3. The molecule has 0 unspecified atom stereocenters. The third-order valence-corrected chi connectivity index (χ3v) is 5.73. The first-order chi connectivity index (χ1) is 16.2. The fraction of sp³-hybridized carbons (Fsp3) is 0.304. The van der Waals surface area contributed by atoms with E-state index in [1.165, 1.54) is 43.1 Å². The molecule has 0 saturated carbocycles. The average molecular weight is 531 g/mol. The van der Waals surface area contributed by atoms with Gasteiger partial charge in [-0.1, -0.05) is 29.8 Å². The molecule has 0 radical (unpaired) electrons. The third-order valence-electron chi connectivity index (χ3n) is 5.24. The summed E-state index contributed by atoms with van der Waals surface area (Å²) in [6, 6.07) is 9.09. The van der Waals surface area contributed by atoms with E-state index in [9.17, 15) is 19.7 Å². The molecule has 2 atom stereocenters. The van der Waals surface area contributed by atoms with Crippen molar-refractivity contribution in [2.24, 2.45) is 5.10 Å². The van der Waals surface area contributed by atoms with Gasteiger partial charge in [-0.15, -0.1) is 0 Å². The summed E-state index contributed by atoms with van der Waals surface area (Å²) in [5, 5.41) is 16.0. The molecule has 3 aromatic rings. The molecule has 178 valence electrons. The summed E-state index contributed by atoms with van der Waals surface area (Å²) in [6.45, 7) is 5.39. The Balaban J connectivity index is 2.17. The van der Waals surface area contributed by atoms with Crippen LogP contribution in [0.25, 0.3) is 10.9 Å². The van der Waals surface area contributed by atoms with Crippen LogP contribution in [0.15, 0.2) is 50.8 Å². The number of benzene rings is 2. The smallest absolute Gasteiger partial charge is 0.346 e. The fourth-order valence-corrected chi connectivity index (χ4v) is 3.52. The number of hydrogen-bond acceptors (Lipinski definition) is 8. The van der Waals surface area contributed by atoms with Crippen LogP contribution in [0.1, 0.15) is 44.5 Å². The van der Waals surface area contributed by atoms with Gasteiger partial charge in [-0.3, -0.25) is 14.9 Å². The molecule has 11 heteroatoms. The molecule has 0 aliphatic rings. The first kappa shape index (κ1) is 25.0. The van der Waals surface area contributed by atoms with E-state index < -0.39 is 17.0 Å². The number of methoxy groups -OCH3 is 1. The number of carbonyl (C=O) groups excluding carboxylic acids is 1. The number of fused-ring (bicyclic) bond motifs is 1. The zero-order valence-electron chi connectivity index (χ0n) is 19.0. The molecule has 10 nitrogen and oxygen atoms in total. The summed E-state index contributed by atoms with van der Waals surface area (Å²) < 4.78 is 12.2. The van der Waals surface area contributed by atoms with E-state index in [-0.39, 0.29) is 28.5 Å². The van der Waals surface area contributed by atoms with Crippen LogP contribution in [0.5, 0.6) is 5.75 Å². The molecule has 1 aromatic heterocycles. The van der Waals surface area contributed by atoms with Crippen LogP contribution >= 0.6 is 15.9 Å². The van der Waals surface area contributed by atoms with Crippen LogP contribution in [-0.2, 0) is 9.53 Å². The summed E-state index contributed by atoms with van der Waals surface area (Å²) in [4.78, 5) is 40.5. The van der Waals surface area contributed by atoms with Crippen molar-refractivity contribution in [3.63, 3.8) is 0 Å². The molecule has 0 spiro atoms. The number of nitro groups is 1. The molecule has 2 aromatic carbocycles. The van der Waals surface area contributed by atoms with Crippen LogP contribution in [-0.4, -0.2) is 40.0 Å². The van der Waals surface area contributed by atoms with Crippen molar-refractivity contribution in [1.82, 2.24) is 9.66 Å². The van der Waals surface area contributed by atoms with E-state index in [4.69, 9.17) is 4.74 Å². The maximum Gasteiger partial charge on any atom is 0.346 e. The molecule has 3 rings (SSSR count). The molecule has 0 fully saturated rings. The first-order valence-electron chi connectivity index (χ1n) is 10.5. The number of rotatable bonds is 8. The van der Waals surface area contributed by atoms with Gasteiger partial charge >= 0.3 is 5.97 Å². The van der Waals surface area contributed by atoms with Crippen molar-refractivity contribution >= 4 is 44.7 Å². The SMILES string of the molecule is CC[C@H](C)c1nc2ccc(Br)cc2c(=O)n1N=Cc1cc([N+](=O)[O-])ccc1O[C@@H](C)C(=O)OC. The Morgan fingerprint density at radius 2 is 2.03 bits per heavy atom. The first-order valence-corrected chi connectivity index (χ1v) is 11.2. The standard InChI is InChI=1S/C23H23BrN4O6/c1-5-13(2)21-26-19-8-6-16(24)11-18(19)22(29)27(21)25-12-15-10-17(28(31)32)7-9-20(15)34-14(3)23(30)33-4/h6-14H,5H2,1-4H3/t13-,14-/m0/s1. The van der Waals surface area contributed by atoms with Gasteiger partial charge in [0.1, 0.15) is 11.6 Å². The minimum absolute atomic E-state index is 0.0851. The molecule has 0 N–H and O–H groups in total. The zero-order chi connectivity index (χ0) is 25.0. The number of ether oxygens (including phenoxy) is 2. The lowest BCUT2D eigenvalue weighted by Gasteiger charge is -2.15. The van der Waals surface area contributed by atoms with Gasteiger partial charge in [0.15, 0.2) is 6.10 Å². The van der Waals surface area contributed by atoms with Gasteiger partial charge in [0.2, 0.25) is 0 Å². The largest absolute Gasteiger partial charge is 0.478 e. The zero-order valence-corrected chi connectivity index (χ0v) is 20.6. The lowest BCUT2D eigenvalue weighted by atomic mass is 10.1. The van der Waals surface area contributed by atoms with Crippen molar-refractivity contribution in [2.45, 2.75) is 39.2 Å². The Labute approximate surface area is 203 Å². The number of aromatic nitrogens is 2. The lowest BCUT2D eigenvalue weighted by molar-refractivity contribution is -0.384. The highest BCUT2D eigenvalue weighted by Gasteiger charge is 2.19. The topological polar surface area (TPSA) is 126 Å². The fourth-order valence-electron chi connectivity index (χ4n) is 3.16. The second-order valence-electron chi connectivity index (χ2n) is 7.56. The number of nitrogens with zero attached hydrogens (tertiary/aromatic N) is 4. The Kier molecular flexibility index (Phi) is 7.77. The van der Waals surface area contributed by atoms with Gasteiger partial charge in [-0.25, -0.2) is 9.78 Å². The number of non-ortho nitro benzene ring substituents is 1.